The molecule has 0 spiro atoms. The Hall–Kier alpha value is -2.54. The Bertz CT molecular complexity index is 851. The van der Waals surface area contributed by atoms with Crippen molar-refractivity contribution in [1.82, 2.24) is 4.98 Å². The van der Waals surface area contributed by atoms with Gasteiger partial charge in [0.25, 0.3) is 0 Å². The maximum Gasteiger partial charge on any atom is 0.237 e. The lowest BCUT2D eigenvalue weighted by Gasteiger charge is -2.12. The Labute approximate surface area is 150 Å². The number of pyridine rings is 1. The number of carbonyl (C=O) groups is 1. The van der Waals surface area contributed by atoms with Crippen LogP contribution in [0.5, 0.6) is 11.5 Å². The maximum atomic E-state index is 12.4. The molecule has 1 unspecified atom stereocenters. The average molecular weight is 357 g/mol. The van der Waals surface area contributed by atoms with E-state index in [4.69, 9.17) is 4.74 Å². The summed E-state index contributed by atoms with van der Waals surface area (Å²) >= 11 is 1.43. The normalized spacial score (nSPS) is 13.8. The van der Waals surface area contributed by atoms with Gasteiger partial charge in [-0.05, 0) is 37.6 Å². The summed E-state index contributed by atoms with van der Waals surface area (Å²) in [5, 5.41) is 13.2. The number of hydrogen-bond donors (Lipinski definition) is 2. The van der Waals surface area contributed by atoms with Gasteiger partial charge in [0.15, 0.2) is 11.5 Å². The summed E-state index contributed by atoms with van der Waals surface area (Å²) in [5.74, 6) is 0.198. The lowest BCUT2D eigenvalue weighted by Crippen LogP contribution is -2.23. The van der Waals surface area contributed by atoms with Gasteiger partial charge in [-0.25, -0.2) is 4.99 Å². The van der Waals surface area contributed by atoms with Gasteiger partial charge in [-0.15, -0.1) is 0 Å². The van der Waals surface area contributed by atoms with E-state index in [0.29, 0.717) is 11.4 Å². The van der Waals surface area contributed by atoms with Crippen molar-refractivity contribution in [1.29, 1.82) is 0 Å². The highest BCUT2D eigenvalue weighted by molar-refractivity contribution is 8.15. The van der Waals surface area contributed by atoms with Gasteiger partial charge < -0.3 is 15.2 Å². The quantitative estimate of drug-likeness (QED) is 0.875. The first kappa shape index (κ1) is 17.3. The van der Waals surface area contributed by atoms with Crippen LogP contribution in [0.25, 0.3) is 0 Å². The van der Waals surface area contributed by atoms with E-state index in [1.807, 2.05) is 19.9 Å². The molecule has 0 radical (unpaired) electrons. The van der Waals surface area contributed by atoms with Crippen molar-refractivity contribution in [3.63, 3.8) is 0 Å². The van der Waals surface area contributed by atoms with E-state index in [9.17, 15) is 9.90 Å². The standard InChI is InChI=1S/C18H19N3O3S/c1-10-6-12-7-17(21-14(12)9-19-10)25-11(2)18(23)20-13-4-5-16(24-3)15(22)8-13/h4-6,8-9,11,22H,7H2,1-3H3,(H,20,23). The van der Waals surface area contributed by atoms with Crippen LogP contribution in [0.3, 0.4) is 0 Å². The number of fused-ring (bicyclic) bond motifs is 1. The van der Waals surface area contributed by atoms with E-state index in [1.54, 1.807) is 18.3 Å². The molecule has 1 aromatic carbocycles. The average Bonchev–Trinajstić information content (AvgIpc) is 2.96. The molecule has 1 atom stereocenters. The zero-order valence-corrected chi connectivity index (χ0v) is 15.1. The highest BCUT2D eigenvalue weighted by Crippen LogP contribution is 2.32. The third-order valence-electron chi connectivity index (χ3n) is 3.82. The van der Waals surface area contributed by atoms with Crippen molar-refractivity contribution in [3.05, 3.63) is 41.7 Å². The highest BCUT2D eigenvalue weighted by Gasteiger charge is 2.22. The number of thioether (sulfide) groups is 1. The Balaban J connectivity index is 1.61. The zero-order chi connectivity index (χ0) is 18.0. The number of nitrogens with zero attached hydrogens (tertiary/aromatic N) is 2. The van der Waals surface area contributed by atoms with Gasteiger partial charge in [0, 0.05) is 23.9 Å². The second-order valence-electron chi connectivity index (χ2n) is 5.77. The first-order chi connectivity index (χ1) is 12.0. The summed E-state index contributed by atoms with van der Waals surface area (Å²) in [7, 11) is 1.48. The largest absolute Gasteiger partial charge is 0.504 e. The molecule has 1 aromatic heterocycles. The number of phenols is 1. The van der Waals surface area contributed by atoms with Crippen LogP contribution < -0.4 is 10.1 Å². The van der Waals surface area contributed by atoms with Gasteiger partial charge in [0.2, 0.25) is 5.91 Å². The number of benzene rings is 1. The third-order valence-corrected chi connectivity index (χ3v) is 4.89. The Morgan fingerprint density at radius 1 is 1.40 bits per heavy atom. The molecule has 1 aliphatic rings. The molecule has 7 heteroatoms. The lowest BCUT2D eigenvalue weighted by molar-refractivity contribution is -0.115. The molecule has 1 aliphatic heterocycles. The Morgan fingerprint density at radius 3 is 2.92 bits per heavy atom. The molecule has 0 fully saturated rings. The summed E-state index contributed by atoms with van der Waals surface area (Å²) in [6.45, 7) is 3.78. The molecule has 2 N–H and O–H groups in total. The van der Waals surface area contributed by atoms with Gasteiger partial charge in [0.1, 0.15) is 0 Å². The van der Waals surface area contributed by atoms with Crippen molar-refractivity contribution >= 4 is 34.1 Å². The SMILES string of the molecule is COc1ccc(NC(=O)C(C)SC2=Nc3cnc(C)cc3C2)cc1O. The fraction of sp³-hybridized carbons (Fsp3) is 0.278. The minimum Gasteiger partial charge on any atom is -0.504 e. The Morgan fingerprint density at radius 2 is 2.20 bits per heavy atom. The number of phenolic OH excluding ortho intramolecular Hbond substituents is 1. The molecule has 2 heterocycles. The number of aryl methyl sites for hydroxylation is 1. The molecule has 0 saturated carbocycles. The molecule has 0 aliphatic carbocycles. The number of rotatable bonds is 4. The molecule has 130 valence electrons. The first-order valence-electron chi connectivity index (χ1n) is 7.84. The minimum atomic E-state index is -0.314. The molecule has 3 rings (SSSR count). The van der Waals surface area contributed by atoms with E-state index >= 15 is 0 Å². The van der Waals surface area contributed by atoms with E-state index in [2.05, 4.69) is 15.3 Å². The number of aromatic nitrogens is 1. The van der Waals surface area contributed by atoms with Crippen LogP contribution in [-0.4, -0.2) is 33.4 Å². The number of carbonyl (C=O) groups excluding carboxylic acids is 1. The summed E-state index contributed by atoms with van der Waals surface area (Å²) < 4.78 is 4.99. The third kappa shape index (κ3) is 3.93. The van der Waals surface area contributed by atoms with Crippen molar-refractivity contribution in [2.24, 2.45) is 4.99 Å². The van der Waals surface area contributed by atoms with E-state index in [-0.39, 0.29) is 16.9 Å². The minimum absolute atomic E-state index is 0.0147. The van der Waals surface area contributed by atoms with Crippen molar-refractivity contribution in [2.45, 2.75) is 25.5 Å². The number of hydrogen-bond acceptors (Lipinski definition) is 6. The topological polar surface area (TPSA) is 83.8 Å². The summed E-state index contributed by atoms with van der Waals surface area (Å²) in [6, 6.07) is 6.78. The molecule has 0 saturated heterocycles. The van der Waals surface area contributed by atoms with Crippen LogP contribution in [0.1, 0.15) is 18.2 Å². The van der Waals surface area contributed by atoms with Crippen LogP contribution in [-0.2, 0) is 11.2 Å². The van der Waals surface area contributed by atoms with E-state index < -0.39 is 0 Å². The van der Waals surface area contributed by atoms with Crippen LogP contribution in [0.2, 0.25) is 0 Å². The van der Waals surface area contributed by atoms with Gasteiger partial charge in [-0.1, -0.05) is 11.8 Å². The number of nitrogens with one attached hydrogen (secondary N) is 1. The predicted octanol–water partition coefficient (Wildman–Crippen LogP) is 3.45. The number of methoxy groups -OCH3 is 1. The summed E-state index contributed by atoms with van der Waals surface area (Å²) in [5.41, 5.74) is 3.50. The van der Waals surface area contributed by atoms with Crippen LogP contribution >= 0.6 is 11.8 Å². The smallest absolute Gasteiger partial charge is 0.237 e. The van der Waals surface area contributed by atoms with Crippen molar-refractivity contribution in [3.8, 4) is 11.5 Å². The van der Waals surface area contributed by atoms with Gasteiger partial charge >= 0.3 is 0 Å². The van der Waals surface area contributed by atoms with Crippen LogP contribution in [0, 0.1) is 6.92 Å². The second-order valence-corrected chi connectivity index (χ2v) is 7.19. The van der Waals surface area contributed by atoms with Crippen molar-refractivity contribution in [2.75, 3.05) is 12.4 Å². The summed E-state index contributed by atoms with van der Waals surface area (Å²) in [4.78, 5) is 21.2. The number of aliphatic imine (C=N–C) groups is 1. The number of anilines is 1. The molecular weight excluding hydrogens is 338 g/mol. The number of ether oxygens (including phenoxy) is 1. The number of amides is 1. The van der Waals surface area contributed by atoms with E-state index in [0.717, 1.165) is 28.4 Å². The van der Waals surface area contributed by atoms with Gasteiger partial charge in [-0.2, -0.15) is 0 Å². The van der Waals surface area contributed by atoms with Crippen molar-refractivity contribution < 1.29 is 14.6 Å². The number of aromatic hydroxyl groups is 1. The zero-order valence-electron chi connectivity index (χ0n) is 14.2. The molecule has 1 amide bonds. The maximum absolute atomic E-state index is 12.4. The summed E-state index contributed by atoms with van der Waals surface area (Å²) in [6.07, 6.45) is 2.49. The molecule has 6 nitrogen and oxygen atoms in total. The Kier molecular flexibility index (Phi) is 4.94. The van der Waals surface area contributed by atoms with Crippen LogP contribution in [0.4, 0.5) is 11.4 Å². The molecule has 2 aromatic rings. The fourth-order valence-electron chi connectivity index (χ4n) is 2.53. The predicted molar refractivity (Wildman–Crippen MR) is 100 cm³/mol. The second kappa shape index (κ2) is 7.14. The molecular formula is C18H19N3O3S. The molecule has 25 heavy (non-hydrogen) atoms. The molecule has 0 bridgehead atoms. The van der Waals surface area contributed by atoms with Gasteiger partial charge in [0.05, 0.1) is 29.3 Å². The monoisotopic (exact) mass is 357 g/mol. The highest BCUT2D eigenvalue weighted by atomic mass is 32.2. The van der Waals surface area contributed by atoms with Crippen LogP contribution in [0.15, 0.2) is 35.5 Å². The van der Waals surface area contributed by atoms with E-state index in [1.165, 1.54) is 24.9 Å². The fourth-order valence-corrected chi connectivity index (χ4v) is 3.49. The van der Waals surface area contributed by atoms with Gasteiger partial charge in [-0.3, -0.25) is 9.78 Å². The lowest BCUT2D eigenvalue weighted by atomic mass is 10.2. The first-order valence-corrected chi connectivity index (χ1v) is 8.72.